The van der Waals surface area contributed by atoms with Gasteiger partial charge in [-0.1, -0.05) is 35.5 Å². The Morgan fingerprint density at radius 2 is 2.07 bits per heavy atom. The van der Waals surface area contributed by atoms with Crippen LogP contribution in [0.3, 0.4) is 0 Å². The molecular formula is C19H16ClN5OS. The van der Waals surface area contributed by atoms with Crippen LogP contribution in [0.5, 0.6) is 0 Å². The normalized spacial score (nSPS) is 10.4. The predicted molar refractivity (Wildman–Crippen MR) is 109 cm³/mol. The Labute approximate surface area is 166 Å². The molecule has 0 atom stereocenters. The quantitative estimate of drug-likeness (QED) is 0.475. The summed E-state index contributed by atoms with van der Waals surface area (Å²) in [5, 5.41) is 17.0. The Kier molecular flexibility index (Phi) is 6.12. The van der Waals surface area contributed by atoms with E-state index in [9.17, 15) is 4.79 Å². The molecule has 8 heteroatoms. The molecule has 27 heavy (non-hydrogen) atoms. The summed E-state index contributed by atoms with van der Waals surface area (Å²) in [4.78, 5) is 21.3. The number of para-hydroxylation sites is 1. The van der Waals surface area contributed by atoms with Gasteiger partial charge in [0, 0.05) is 17.0 Å². The van der Waals surface area contributed by atoms with Crippen LogP contribution in [0.1, 0.15) is 12.5 Å². The average Bonchev–Trinajstić information content (AvgIpc) is 2.67. The van der Waals surface area contributed by atoms with Crippen LogP contribution in [0.15, 0.2) is 47.6 Å². The molecule has 0 bridgehead atoms. The minimum absolute atomic E-state index is 0.112. The molecule has 0 aliphatic carbocycles. The number of fused-ring (bicyclic) bond motifs is 1. The Bertz CT molecular complexity index is 1030. The van der Waals surface area contributed by atoms with E-state index in [2.05, 4.69) is 20.6 Å². The number of nitriles is 1. The second-order valence-electron chi connectivity index (χ2n) is 5.54. The van der Waals surface area contributed by atoms with Gasteiger partial charge >= 0.3 is 0 Å². The van der Waals surface area contributed by atoms with E-state index >= 15 is 0 Å². The highest BCUT2D eigenvalue weighted by Crippen LogP contribution is 2.25. The van der Waals surface area contributed by atoms with Crippen molar-refractivity contribution in [3.63, 3.8) is 0 Å². The van der Waals surface area contributed by atoms with Crippen molar-refractivity contribution in [3.8, 4) is 6.07 Å². The highest BCUT2D eigenvalue weighted by atomic mass is 35.5. The summed E-state index contributed by atoms with van der Waals surface area (Å²) >= 11 is 7.17. The summed E-state index contributed by atoms with van der Waals surface area (Å²) in [5.74, 6) is 0.592. The number of hydrogen-bond donors (Lipinski definition) is 2. The molecule has 0 fully saturated rings. The van der Waals surface area contributed by atoms with Gasteiger partial charge in [-0.3, -0.25) is 4.79 Å². The SMILES string of the molecule is CCNc1nc(SCC(=O)Nc2cc(Cl)ccc2C#N)nc2ccccc12. The third-order valence-corrected chi connectivity index (χ3v) is 4.72. The Morgan fingerprint density at radius 3 is 2.85 bits per heavy atom. The van der Waals surface area contributed by atoms with Gasteiger partial charge in [0.05, 0.1) is 22.5 Å². The molecule has 0 saturated heterocycles. The van der Waals surface area contributed by atoms with E-state index in [0.717, 1.165) is 23.3 Å². The molecule has 2 aromatic carbocycles. The minimum Gasteiger partial charge on any atom is -0.370 e. The minimum atomic E-state index is -0.263. The molecule has 136 valence electrons. The lowest BCUT2D eigenvalue weighted by Crippen LogP contribution is -2.15. The number of nitrogens with zero attached hydrogens (tertiary/aromatic N) is 3. The van der Waals surface area contributed by atoms with Crippen LogP contribution in [0.2, 0.25) is 5.02 Å². The molecular weight excluding hydrogens is 382 g/mol. The third-order valence-electron chi connectivity index (χ3n) is 3.64. The van der Waals surface area contributed by atoms with Crippen molar-refractivity contribution < 1.29 is 4.79 Å². The van der Waals surface area contributed by atoms with Gasteiger partial charge in [0.1, 0.15) is 11.9 Å². The van der Waals surface area contributed by atoms with Crippen LogP contribution in [-0.4, -0.2) is 28.2 Å². The van der Waals surface area contributed by atoms with Crippen LogP contribution >= 0.6 is 23.4 Å². The molecule has 0 radical (unpaired) electrons. The Hall–Kier alpha value is -2.82. The number of nitrogens with one attached hydrogen (secondary N) is 2. The van der Waals surface area contributed by atoms with E-state index < -0.39 is 0 Å². The fourth-order valence-electron chi connectivity index (χ4n) is 2.46. The number of aromatic nitrogens is 2. The molecule has 1 heterocycles. The Balaban J connectivity index is 1.74. The number of hydrogen-bond acceptors (Lipinski definition) is 6. The molecule has 6 nitrogen and oxygen atoms in total. The number of amides is 1. The maximum Gasteiger partial charge on any atom is 0.234 e. The lowest BCUT2D eigenvalue weighted by atomic mass is 10.2. The fraction of sp³-hybridized carbons (Fsp3) is 0.158. The van der Waals surface area contributed by atoms with E-state index in [4.69, 9.17) is 16.9 Å². The smallest absolute Gasteiger partial charge is 0.234 e. The number of carbonyl (C=O) groups is 1. The van der Waals surface area contributed by atoms with Crippen molar-refractivity contribution in [2.75, 3.05) is 22.9 Å². The van der Waals surface area contributed by atoms with Crippen LogP contribution in [0, 0.1) is 11.3 Å². The molecule has 1 amide bonds. The van der Waals surface area contributed by atoms with Gasteiger partial charge in [0.2, 0.25) is 5.91 Å². The summed E-state index contributed by atoms with van der Waals surface area (Å²) < 4.78 is 0. The van der Waals surface area contributed by atoms with Crippen molar-refractivity contribution in [1.82, 2.24) is 9.97 Å². The lowest BCUT2D eigenvalue weighted by Gasteiger charge is -2.10. The number of benzene rings is 2. The molecule has 1 aromatic heterocycles. The second-order valence-corrected chi connectivity index (χ2v) is 6.92. The molecule has 3 aromatic rings. The molecule has 0 aliphatic heterocycles. The van der Waals surface area contributed by atoms with E-state index in [-0.39, 0.29) is 11.7 Å². The number of rotatable bonds is 6. The first-order valence-electron chi connectivity index (χ1n) is 8.23. The van der Waals surface area contributed by atoms with Crippen LogP contribution in [-0.2, 0) is 4.79 Å². The molecule has 3 rings (SSSR count). The summed E-state index contributed by atoms with van der Waals surface area (Å²) in [6, 6.07) is 14.5. The number of anilines is 2. The first-order valence-corrected chi connectivity index (χ1v) is 9.60. The van der Waals surface area contributed by atoms with E-state index in [1.165, 1.54) is 11.8 Å². The van der Waals surface area contributed by atoms with Crippen LogP contribution < -0.4 is 10.6 Å². The Morgan fingerprint density at radius 1 is 1.26 bits per heavy atom. The number of thioether (sulfide) groups is 1. The topological polar surface area (TPSA) is 90.7 Å². The zero-order chi connectivity index (χ0) is 19.2. The van der Waals surface area contributed by atoms with Crippen molar-refractivity contribution in [1.29, 1.82) is 5.26 Å². The van der Waals surface area contributed by atoms with Gasteiger partial charge in [-0.25, -0.2) is 9.97 Å². The van der Waals surface area contributed by atoms with E-state index in [0.29, 0.717) is 21.4 Å². The van der Waals surface area contributed by atoms with Gasteiger partial charge in [-0.2, -0.15) is 5.26 Å². The van der Waals surface area contributed by atoms with E-state index in [1.54, 1.807) is 18.2 Å². The van der Waals surface area contributed by atoms with Gasteiger partial charge in [-0.05, 0) is 37.3 Å². The zero-order valence-electron chi connectivity index (χ0n) is 14.5. The van der Waals surface area contributed by atoms with Crippen molar-refractivity contribution >= 4 is 51.7 Å². The standard InChI is InChI=1S/C19H16ClN5OS/c1-2-22-18-14-5-3-4-6-15(14)24-19(25-18)27-11-17(26)23-16-9-13(20)8-7-12(16)10-21/h3-9H,2,11H2,1H3,(H,23,26)(H,22,24,25). The lowest BCUT2D eigenvalue weighted by molar-refractivity contribution is -0.113. The third kappa shape index (κ3) is 4.67. The van der Waals surface area contributed by atoms with Gasteiger partial charge in [0.25, 0.3) is 0 Å². The monoisotopic (exact) mass is 397 g/mol. The van der Waals surface area contributed by atoms with Gasteiger partial charge in [0.15, 0.2) is 5.16 Å². The number of halogens is 1. The first-order chi connectivity index (χ1) is 13.1. The highest BCUT2D eigenvalue weighted by molar-refractivity contribution is 7.99. The van der Waals surface area contributed by atoms with Crippen LogP contribution in [0.25, 0.3) is 10.9 Å². The molecule has 0 saturated carbocycles. The van der Waals surface area contributed by atoms with Crippen molar-refractivity contribution in [2.45, 2.75) is 12.1 Å². The fourth-order valence-corrected chi connectivity index (χ4v) is 3.28. The van der Waals surface area contributed by atoms with Gasteiger partial charge < -0.3 is 10.6 Å². The van der Waals surface area contributed by atoms with Crippen molar-refractivity contribution in [3.05, 3.63) is 53.1 Å². The summed E-state index contributed by atoms with van der Waals surface area (Å²) in [7, 11) is 0. The zero-order valence-corrected chi connectivity index (χ0v) is 16.1. The highest BCUT2D eigenvalue weighted by Gasteiger charge is 2.11. The summed E-state index contributed by atoms with van der Waals surface area (Å²) in [6.45, 7) is 2.73. The molecule has 0 aliphatic rings. The second kappa shape index (κ2) is 8.71. The summed E-state index contributed by atoms with van der Waals surface area (Å²) in [5.41, 5.74) is 1.56. The maximum atomic E-state index is 12.3. The average molecular weight is 398 g/mol. The first kappa shape index (κ1) is 19.0. The molecule has 2 N–H and O–H groups in total. The van der Waals surface area contributed by atoms with E-state index in [1.807, 2.05) is 37.3 Å². The van der Waals surface area contributed by atoms with Crippen LogP contribution in [0.4, 0.5) is 11.5 Å². The largest absolute Gasteiger partial charge is 0.370 e. The molecule has 0 spiro atoms. The van der Waals surface area contributed by atoms with Gasteiger partial charge in [-0.15, -0.1) is 0 Å². The predicted octanol–water partition coefficient (Wildman–Crippen LogP) is 4.32. The number of carbonyl (C=O) groups excluding carboxylic acids is 1. The molecule has 0 unspecified atom stereocenters. The summed E-state index contributed by atoms with van der Waals surface area (Å²) in [6.07, 6.45) is 0. The van der Waals surface area contributed by atoms with Crippen molar-refractivity contribution in [2.24, 2.45) is 0 Å². The maximum absolute atomic E-state index is 12.3.